The van der Waals surface area contributed by atoms with Gasteiger partial charge in [0.2, 0.25) is 5.78 Å². The van der Waals surface area contributed by atoms with E-state index < -0.39 is 0 Å². The fraction of sp³-hybridized carbons (Fsp3) is 0.750. The number of piperazine rings is 1. The summed E-state index contributed by atoms with van der Waals surface area (Å²) in [5.41, 5.74) is 0. The minimum absolute atomic E-state index is 0.0592. The van der Waals surface area contributed by atoms with Gasteiger partial charge in [0.15, 0.2) is 0 Å². The van der Waals surface area contributed by atoms with Crippen molar-refractivity contribution in [1.82, 2.24) is 9.80 Å². The van der Waals surface area contributed by atoms with Crippen molar-refractivity contribution in [2.75, 3.05) is 33.2 Å². The summed E-state index contributed by atoms with van der Waals surface area (Å²) in [6.45, 7) is 8.03. The van der Waals surface area contributed by atoms with E-state index in [9.17, 15) is 4.79 Å². The molecule has 1 heterocycles. The van der Waals surface area contributed by atoms with Crippen molar-refractivity contribution in [3.63, 3.8) is 0 Å². The van der Waals surface area contributed by atoms with E-state index >= 15 is 0 Å². The highest BCUT2D eigenvalue weighted by Crippen LogP contribution is 2.00. The molecule has 0 amide bonds. The summed E-state index contributed by atoms with van der Waals surface area (Å²) in [7, 11) is 2.11. The number of hydrogen-bond donors (Lipinski definition) is 0. The average Bonchev–Trinajstić information content (AvgIpc) is 2.16. The highest BCUT2D eigenvalue weighted by atomic mass is 16.1. The number of hydrogen-bond acceptors (Lipinski definition) is 3. The van der Waals surface area contributed by atoms with Crippen molar-refractivity contribution in [3.8, 4) is 12.0 Å². The molecule has 0 radical (unpaired) electrons. The number of nitrogens with zero attached hydrogens (tertiary/aromatic N) is 2. The smallest absolute Gasteiger partial charge is 0.207 e. The van der Waals surface area contributed by atoms with Crippen LogP contribution in [0.15, 0.2) is 0 Å². The van der Waals surface area contributed by atoms with Gasteiger partial charge in [0.25, 0.3) is 0 Å². The van der Waals surface area contributed by atoms with Gasteiger partial charge in [-0.3, -0.25) is 4.79 Å². The predicted molar refractivity (Wildman–Crippen MR) is 61.3 cm³/mol. The fourth-order valence-corrected chi connectivity index (χ4v) is 1.48. The van der Waals surface area contributed by atoms with Crippen LogP contribution in [0.1, 0.15) is 20.3 Å². The van der Waals surface area contributed by atoms with Gasteiger partial charge in [-0.25, -0.2) is 0 Å². The number of Topliss-reactive ketones (excluding diaryl/α,β-unsaturated/α-hetero) is 1. The van der Waals surface area contributed by atoms with E-state index in [0.29, 0.717) is 12.3 Å². The highest BCUT2D eigenvalue weighted by molar-refractivity contribution is 5.95. The summed E-state index contributed by atoms with van der Waals surface area (Å²) in [5, 5.41) is 0. The molecular formula is C12H20N2O. The Hall–Kier alpha value is -1.01. The summed E-state index contributed by atoms with van der Waals surface area (Å²) in [5.74, 6) is 3.18. The molecule has 1 fully saturated rings. The zero-order valence-electron chi connectivity index (χ0n) is 9.92. The predicted octanol–water partition coefficient (Wildman–Crippen LogP) is 0.810. The molecule has 3 nitrogen and oxygen atoms in total. The van der Waals surface area contributed by atoms with Gasteiger partial charge in [-0.2, -0.15) is 0 Å². The SMILES string of the molecule is CC(C)CC(=O)C#CN1CCN(C)CC1. The molecule has 0 aromatic rings. The molecule has 0 unspecified atom stereocenters. The lowest BCUT2D eigenvalue weighted by atomic mass is 10.1. The van der Waals surface area contributed by atoms with Crippen LogP contribution in [0.5, 0.6) is 0 Å². The lowest BCUT2D eigenvalue weighted by molar-refractivity contribution is -0.114. The second-order valence-electron chi connectivity index (χ2n) is 4.55. The molecule has 0 saturated carbocycles. The zero-order valence-corrected chi connectivity index (χ0v) is 9.92. The molecule has 0 bridgehead atoms. The summed E-state index contributed by atoms with van der Waals surface area (Å²) < 4.78 is 0. The minimum Gasteiger partial charge on any atom is -0.330 e. The Morgan fingerprint density at radius 1 is 1.27 bits per heavy atom. The van der Waals surface area contributed by atoms with E-state index in [2.05, 4.69) is 23.9 Å². The van der Waals surface area contributed by atoms with Crippen molar-refractivity contribution in [2.24, 2.45) is 5.92 Å². The largest absolute Gasteiger partial charge is 0.330 e. The van der Waals surface area contributed by atoms with Gasteiger partial charge >= 0.3 is 0 Å². The Kier molecular flexibility index (Phi) is 4.64. The quantitative estimate of drug-likeness (QED) is 0.627. The first-order chi connectivity index (χ1) is 7.08. The Morgan fingerprint density at radius 2 is 1.87 bits per heavy atom. The first-order valence-corrected chi connectivity index (χ1v) is 5.56. The van der Waals surface area contributed by atoms with E-state index in [4.69, 9.17) is 0 Å². The molecule has 84 valence electrons. The second kappa shape index (κ2) is 5.77. The Morgan fingerprint density at radius 3 is 2.40 bits per heavy atom. The number of rotatable bonds is 2. The summed E-state index contributed by atoms with van der Waals surface area (Å²) in [4.78, 5) is 15.7. The van der Waals surface area contributed by atoms with E-state index in [1.165, 1.54) is 0 Å². The third-order valence-corrected chi connectivity index (χ3v) is 2.45. The van der Waals surface area contributed by atoms with E-state index in [1.807, 2.05) is 18.7 Å². The molecule has 0 aromatic carbocycles. The van der Waals surface area contributed by atoms with Gasteiger partial charge in [-0.05, 0) is 18.9 Å². The monoisotopic (exact) mass is 208 g/mol. The second-order valence-corrected chi connectivity index (χ2v) is 4.55. The van der Waals surface area contributed by atoms with Crippen molar-refractivity contribution in [3.05, 3.63) is 0 Å². The van der Waals surface area contributed by atoms with Crippen LogP contribution in [-0.4, -0.2) is 48.8 Å². The van der Waals surface area contributed by atoms with Crippen LogP contribution in [0.25, 0.3) is 0 Å². The standard InChI is InChI=1S/C12H20N2O/c1-11(2)10-12(15)4-5-14-8-6-13(3)7-9-14/h11H,6-10H2,1-3H3. The first kappa shape index (κ1) is 12.1. The van der Waals surface area contributed by atoms with Crippen LogP contribution in [0, 0.1) is 17.9 Å². The zero-order chi connectivity index (χ0) is 11.3. The van der Waals surface area contributed by atoms with Crippen LogP contribution >= 0.6 is 0 Å². The maximum absolute atomic E-state index is 11.3. The van der Waals surface area contributed by atoms with Crippen molar-refractivity contribution in [1.29, 1.82) is 0 Å². The maximum atomic E-state index is 11.3. The molecule has 0 spiro atoms. The molecule has 0 N–H and O–H groups in total. The van der Waals surface area contributed by atoms with Gasteiger partial charge in [0.1, 0.15) is 0 Å². The lowest BCUT2D eigenvalue weighted by Crippen LogP contribution is -2.42. The lowest BCUT2D eigenvalue weighted by Gasteiger charge is -2.29. The van der Waals surface area contributed by atoms with E-state index in [1.54, 1.807) is 0 Å². The fourth-order valence-electron chi connectivity index (χ4n) is 1.48. The molecule has 3 heteroatoms. The molecular weight excluding hydrogens is 188 g/mol. The maximum Gasteiger partial charge on any atom is 0.207 e. The number of likely N-dealkylation sites (N-methyl/N-ethyl adjacent to an activating group) is 1. The molecule has 0 aliphatic carbocycles. The Bertz CT molecular complexity index is 267. The number of ketones is 1. The van der Waals surface area contributed by atoms with Crippen LogP contribution in [0.2, 0.25) is 0 Å². The van der Waals surface area contributed by atoms with Crippen LogP contribution in [0.3, 0.4) is 0 Å². The van der Waals surface area contributed by atoms with Gasteiger partial charge in [-0.15, -0.1) is 0 Å². The summed E-state index contributed by atoms with van der Waals surface area (Å²) in [6, 6.07) is 2.95. The Labute approximate surface area is 92.4 Å². The van der Waals surface area contributed by atoms with Crippen molar-refractivity contribution in [2.45, 2.75) is 20.3 Å². The van der Waals surface area contributed by atoms with E-state index in [-0.39, 0.29) is 5.78 Å². The van der Waals surface area contributed by atoms with Crippen molar-refractivity contribution < 1.29 is 4.79 Å². The number of carbonyl (C=O) groups is 1. The number of carbonyl (C=O) groups excluding carboxylic acids is 1. The molecule has 15 heavy (non-hydrogen) atoms. The van der Waals surface area contributed by atoms with E-state index in [0.717, 1.165) is 26.2 Å². The van der Waals surface area contributed by atoms with Gasteiger partial charge in [-0.1, -0.05) is 13.8 Å². The van der Waals surface area contributed by atoms with Gasteiger partial charge in [0, 0.05) is 38.6 Å². The van der Waals surface area contributed by atoms with Gasteiger partial charge < -0.3 is 9.80 Å². The van der Waals surface area contributed by atoms with Crippen LogP contribution in [-0.2, 0) is 4.79 Å². The van der Waals surface area contributed by atoms with Crippen molar-refractivity contribution >= 4 is 5.78 Å². The van der Waals surface area contributed by atoms with Crippen LogP contribution in [0.4, 0.5) is 0 Å². The molecule has 0 atom stereocenters. The topological polar surface area (TPSA) is 23.6 Å². The molecule has 1 aliphatic rings. The van der Waals surface area contributed by atoms with Crippen LogP contribution < -0.4 is 0 Å². The van der Waals surface area contributed by atoms with Gasteiger partial charge in [0.05, 0.1) is 0 Å². The minimum atomic E-state index is 0.0592. The normalized spacial score (nSPS) is 17.5. The molecule has 1 saturated heterocycles. The third kappa shape index (κ3) is 4.85. The average molecular weight is 208 g/mol. The summed E-state index contributed by atoms with van der Waals surface area (Å²) in [6.07, 6.45) is 0.570. The third-order valence-electron chi connectivity index (χ3n) is 2.45. The molecule has 1 aliphatic heterocycles. The molecule has 0 aromatic heterocycles. The summed E-state index contributed by atoms with van der Waals surface area (Å²) >= 11 is 0. The highest BCUT2D eigenvalue weighted by Gasteiger charge is 2.10. The first-order valence-electron chi connectivity index (χ1n) is 5.56. The Balaban J connectivity index is 2.34. The molecule has 1 rings (SSSR count).